The first-order valence-electron chi connectivity index (χ1n) is 12.4. The van der Waals surface area contributed by atoms with Gasteiger partial charge in [-0.05, 0) is 86.9 Å². The number of hydrogen-bond acceptors (Lipinski definition) is 6. The van der Waals surface area contributed by atoms with E-state index < -0.39 is 12.1 Å². The van der Waals surface area contributed by atoms with Crippen molar-refractivity contribution in [3.8, 4) is 5.75 Å². The van der Waals surface area contributed by atoms with Crippen LogP contribution in [0, 0.1) is 11.8 Å². The van der Waals surface area contributed by atoms with Crippen LogP contribution in [0.1, 0.15) is 49.5 Å². The summed E-state index contributed by atoms with van der Waals surface area (Å²) < 4.78 is 7.40. The maximum atomic E-state index is 11.6. The molecule has 0 aliphatic carbocycles. The van der Waals surface area contributed by atoms with Crippen molar-refractivity contribution >= 4 is 16.9 Å². The Morgan fingerprint density at radius 2 is 2.14 bits per heavy atom. The minimum atomic E-state index is -0.746. The highest BCUT2D eigenvalue weighted by Crippen LogP contribution is 2.34. The fourth-order valence-corrected chi connectivity index (χ4v) is 5.40. The van der Waals surface area contributed by atoms with Crippen LogP contribution in [0.2, 0.25) is 0 Å². The highest BCUT2D eigenvalue weighted by molar-refractivity contribution is 5.83. The first-order chi connectivity index (χ1) is 16.9. The van der Waals surface area contributed by atoms with E-state index in [2.05, 4.69) is 14.9 Å². The number of aryl methyl sites for hydroxylation is 2. The Morgan fingerprint density at radius 1 is 1.29 bits per heavy atom. The van der Waals surface area contributed by atoms with Crippen molar-refractivity contribution in [3.05, 3.63) is 54.2 Å². The maximum absolute atomic E-state index is 11.6. The van der Waals surface area contributed by atoms with Gasteiger partial charge in [0, 0.05) is 43.5 Å². The summed E-state index contributed by atoms with van der Waals surface area (Å²) in [4.78, 5) is 22.6. The monoisotopic (exact) mass is 480 g/mol. The van der Waals surface area contributed by atoms with E-state index in [1.165, 1.54) is 5.69 Å². The SMILES string of the molecule is COc1ccc2nccc([C@H](O)CC[C@@H]3CCN(CCCc4cncn4C)C[C@@H]3CC(=O)O)c2c1. The van der Waals surface area contributed by atoms with Crippen molar-refractivity contribution < 1.29 is 19.7 Å². The number of piperidine rings is 1. The smallest absolute Gasteiger partial charge is 0.303 e. The lowest BCUT2D eigenvalue weighted by Crippen LogP contribution is -2.42. The van der Waals surface area contributed by atoms with Gasteiger partial charge in [0.1, 0.15) is 5.75 Å². The molecular weight excluding hydrogens is 444 g/mol. The molecule has 188 valence electrons. The molecule has 1 fully saturated rings. The van der Waals surface area contributed by atoms with Gasteiger partial charge < -0.3 is 24.4 Å². The standard InChI is InChI=1S/C27H36N4O4/c1-30-18-28-16-21(30)4-3-12-31-13-10-19(20(17-31)14-27(33)34)5-8-26(32)23-9-11-29-25-7-6-22(35-2)15-24(23)25/h6-7,9,11,15-16,18-20,26,32H,3-5,8,10,12-14,17H2,1-2H3,(H,33,34)/t19-,20+,26-/m1/s1. The van der Waals surface area contributed by atoms with Gasteiger partial charge in [0.2, 0.25) is 0 Å². The number of carboxylic acids is 1. The molecule has 1 aromatic carbocycles. The number of hydrogen-bond donors (Lipinski definition) is 2. The van der Waals surface area contributed by atoms with Gasteiger partial charge in [0.15, 0.2) is 0 Å². The Labute approximate surface area is 206 Å². The third-order valence-electron chi connectivity index (χ3n) is 7.39. The molecule has 2 aromatic heterocycles. The molecule has 1 aliphatic heterocycles. The largest absolute Gasteiger partial charge is 0.497 e. The minimum absolute atomic E-state index is 0.0967. The van der Waals surface area contributed by atoms with E-state index in [1.54, 1.807) is 13.3 Å². The number of aromatic nitrogens is 3. The van der Waals surface area contributed by atoms with Gasteiger partial charge in [-0.1, -0.05) is 0 Å². The topological polar surface area (TPSA) is 101 Å². The van der Waals surface area contributed by atoms with Crippen LogP contribution in [-0.4, -0.2) is 62.4 Å². The molecule has 8 nitrogen and oxygen atoms in total. The second-order valence-electron chi connectivity index (χ2n) is 9.68. The number of imidazole rings is 1. The van der Waals surface area contributed by atoms with Crippen LogP contribution >= 0.6 is 0 Å². The van der Waals surface area contributed by atoms with Crippen LogP contribution in [0.3, 0.4) is 0 Å². The van der Waals surface area contributed by atoms with Crippen molar-refractivity contribution in [1.29, 1.82) is 0 Å². The van der Waals surface area contributed by atoms with E-state index in [1.807, 2.05) is 48.4 Å². The predicted molar refractivity (Wildman–Crippen MR) is 134 cm³/mol. The van der Waals surface area contributed by atoms with Crippen molar-refractivity contribution in [2.24, 2.45) is 18.9 Å². The normalized spacial score (nSPS) is 19.6. The Morgan fingerprint density at radius 3 is 2.89 bits per heavy atom. The average molecular weight is 481 g/mol. The highest BCUT2D eigenvalue weighted by Gasteiger charge is 2.31. The van der Waals surface area contributed by atoms with Gasteiger partial charge in [0.25, 0.3) is 0 Å². The van der Waals surface area contributed by atoms with Gasteiger partial charge in [-0.2, -0.15) is 0 Å². The molecule has 2 N–H and O–H groups in total. The van der Waals surface area contributed by atoms with E-state index in [4.69, 9.17) is 4.74 Å². The molecule has 4 rings (SSSR count). The molecule has 0 saturated carbocycles. The summed E-state index contributed by atoms with van der Waals surface area (Å²) in [7, 11) is 3.64. The zero-order valence-electron chi connectivity index (χ0n) is 20.6. The van der Waals surface area contributed by atoms with Crippen LogP contribution in [0.4, 0.5) is 0 Å². The number of aliphatic hydroxyl groups excluding tert-OH is 1. The fourth-order valence-electron chi connectivity index (χ4n) is 5.40. The molecule has 8 heteroatoms. The van der Waals surface area contributed by atoms with Crippen molar-refractivity contribution in [2.75, 3.05) is 26.7 Å². The van der Waals surface area contributed by atoms with Crippen LogP contribution in [0.5, 0.6) is 5.75 Å². The number of ether oxygens (including phenoxy) is 1. The van der Waals surface area contributed by atoms with E-state index in [0.29, 0.717) is 6.42 Å². The predicted octanol–water partition coefficient (Wildman–Crippen LogP) is 3.84. The number of carboxylic acid groups (broad SMARTS) is 1. The van der Waals surface area contributed by atoms with Gasteiger partial charge in [-0.15, -0.1) is 0 Å². The van der Waals surface area contributed by atoms with Crippen LogP contribution < -0.4 is 4.74 Å². The molecule has 0 radical (unpaired) electrons. The summed E-state index contributed by atoms with van der Waals surface area (Å²) in [5, 5.41) is 21.5. The van der Waals surface area contributed by atoms with Gasteiger partial charge in [-0.25, -0.2) is 4.98 Å². The van der Waals surface area contributed by atoms with Crippen LogP contribution in [0.25, 0.3) is 10.9 Å². The van der Waals surface area contributed by atoms with E-state index in [-0.39, 0.29) is 18.3 Å². The molecule has 3 atom stereocenters. The summed E-state index contributed by atoms with van der Waals surface area (Å²) in [6.07, 6.45) is 9.36. The van der Waals surface area contributed by atoms with Crippen molar-refractivity contribution in [1.82, 2.24) is 19.4 Å². The van der Waals surface area contributed by atoms with E-state index >= 15 is 0 Å². The number of pyridine rings is 1. The summed E-state index contributed by atoms with van der Waals surface area (Å²) in [5.74, 6) is 0.372. The van der Waals surface area contributed by atoms with Crippen LogP contribution in [-0.2, 0) is 18.3 Å². The average Bonchev–Trinajstić information content (AvgIpc) is 3.26. The summed E-state index contributed by atoms with van der Waals surface area (Å²) in [6, 6.07) is 7.55. The van der Waals surface area contributed by atoms with Gasteiger partial charge in [0.05, 0.1) is 25.1 Å². The summed E-state index contributed by atoms with van der Waals surface area (Å²) in [6.45, 7) is 2.73. The molecular formula is C27H36N4O4. The quantitative estimate of drug-likeness (QED) is 0.430. The second kappa shape index (κ2) is 11.6. The molecule has 1 aliphatic rings. The Bertz CT molecular complexity index is 1130. The fraction of sp³-hybridized carbons (Fsp3) is 0.519. The molecule has 0 unspecified atom stereocenters. The van der Waals surface area contributed by atoms with Crippen molar-refractivity contribution in [2.45, 2.75) is 44.6 Å². The molecule has 1 saturated heterocycles. The number of benzene rings is 1. The van der Waals surface area contributed by atoms with E-state index in [0.717, 1.165) is 67.5 Å². The number of aliphatic carboxylic acids is 1. The number of aliphatic hydroxyl groups is 1. The lowest BCUT2D eigenvalue weighted by Gasteiger charge is -2.38. The molecule has 3 aromatic rings. The molecule has 0 amide bonds. The Kier molecular flexibility index (Phi) is 8.36. The van der Waals surface area contributed by atoms with Crippen LogP contribution in [0.15, 0.2) is 43.0 Å². The van der Waals surface area contributed by atoms with Crippen molar-refractivity contribution in [3.63, 3.8) is 0 Å². The third-order valence-corrected chi connectivity index (χ3v) is 7.39. The minimum Gasteiger partial charge on any atom is -0.497 e. The third kappa shape index (κ3) is 6.38. The summed E-state index contributed by atoms with van der Waals surface area (Å²) in [5.41, 5.74) is 2.89. The number of rotatable bonds is 11. The van der Waals surface area contributed by atoms with Gasteiger partial charge in [-0.3, -0.25) is 9.78 Å². The molecule has 35 heavy (non-hydrogen) atoms. The number of likely N-dealkylation sites (tertiary alicyclic amines) is 1. The number of fused-ring (bicyclic) bond motifs is 1. The second-order valence-corrected chi connectivity index (χ2v) is 9.68. The zero-order valence-corrected chi connectivity index (χ0v) is 20.6. The first kappa shape index (κ1) is 25.1. The summed E-state index contributed by atoms with van der Waals surface area (Å²) >= 11 is 0. The van der Waals surface area contributed by atoms with E-state index in [9.17, 15) is 15.0 Å². The Balaban J connectivity index is 1.35. The zero-order chi connectivity index (χ0) is 24.8. The Hall–Kier alpha value is -2.97. The number of methoxy groups -OCH3 is 1. The first-order valence-corrected chi connectivity index (χ1v) is 12.4. The molecule has 0 bridgehead atoms. The molecule has 3 heterocycles. The lowest BCUT2D eigenvalue weighted by molar-refractivity contribution is -0.139. The molecule has 0 spiro atoms. The highest BCUT2D eigenvalue weighted by atomic mass is 16.5. The maximum Gasteiger partial charge on any atom is 0.303 e. The number of carbonyl (C=O) groups is 1. The number of nitrogens with zero attached hydrogens (tertiary/aromatic N) is 4. The van der Waals surface area contributed by atoms with Gasteiger partial charge >= 0.3 is 5.97 Å². The lowest BCUT2D eigenvalue weighted by atomic mass is 9.79.